The average Bonchev–Trinajstić information content (AvgIpc) is 3.58. The van der Waals surface area contributed by atoms with Crippen LogP contribution in [0.3, 0.4) is 0 Å². The molecule has 4 aromatic rings. The van der Waals surface area contributed by atoms with Gasteiger partial charge in [0.25, 0.3) is 15.9 Å². The third-order valence-corrected chi connectivity index (χ3v) is 8.41. The largest absolute Gasteiger partial charge is 0.484 e. The molecule has 0 aliphatic heterocycles. The van der Waals surface area contributed by atoms with Gasteiger partial charge in [0, 0.05) is 25.1 Å². The molecule has 0 unspecified atom stereocenters. The Morgan fingerprint density at radius 1 is 1.15 bits per heavy atom. The van der Waals surface area contributed by atoms with Gasteiger partial charge in [-0.1, -0.05) is 18.2 Å². The average molecular weight is 497 g/mol. The minimum absolute atomic E-state index is 0.153. The summed E-state index contributed by atoms with van der Waals surface area (Å²) in [5.74, 6) is 0.214. The predicted octanol–water partition coefficient (Wildman–Crippen LogP) is 4.02. The lowest BCUT2D eigenvalue weighted by atomic mass is 10.1. The van der Waals surface area contributed by atoms with E-state index in [9.17, 15) is 13.2 Å². The number of hydrogen-bond donors (Lipinski definition) is 1. The number of carbonyl (C=O) groups is 1. The molecule has 0 saturated heterocycles. The summed E-state index contributed by atoms with van der Waals surface area (Å²) in [6.07, 6.45) is 5.31. The minimum atomic E-state index is -3.60. The van der Waals surface area contributed by atoms with Crippen molar-refractivity contribution in [1.29, 1.82) is 0 Å². The standard InChI is InChI=1S/C24H24N4O4S2/c1-18(19-5-7-21(8-6-19)28-14-13-25-17-28)26-23(29)16-32-22-11-9-20(10-12-22)27(2)34(30,31)24-4-3-15-33-24/h3-15,17-18H,16H2,1-2H3,(H,26,29)/t18-/m0/s1. The monoisotopic (exact) mass is 496 g/mol. The number of sulfonamides is 1. The van der Waals surface area contributed by atoms with Gasteiger partial charge in [0.1, 0.15) is 9.96 Å². The number of anilines is 1. The molecule has 34 heavy (non-hydrogen) atoms. The first-order valence-electron chi connectivity index (χ1n) is 10.5. The van der Waals surface area contributed by atoms with E-state index in [0.29, 0.717) is 11.4 Å². The predicted molar refractivity (Wildman–Crippen MR) is 132 cm³/mol. The highest BCUT2D eigenvalue weighted by molar-refractivity contribution is 7.94. The molecule has 0 aliphatic rings. The van der Waals surface area contributed by atoms with Crippen LogP contribution in [0.4, 0.5) is 5.69 Å². The van der Waals surface area contributed by atoms with Gasteiger partial charge in [-0.15, -0.1) is 11.3 Å². The molecule has 1 atom stereocenters. The Balaban J connectivity index is 1.30. The Morgan fingerprint density at radius 2 is 1.88 bits per heavy atom. The van der Waals surface area contributed by atoms with Crippen LogP contribution < -0.4 is 14.4 Å². The van der Waals surface area contributed by atoms with Crippen LogP contribution >= 0.6 is 11.3 Å². The molecule has 0 bridgehead atoms. The summed E-state index contributed by atoms with van der Waals surface area (Å²) in [5.41, 5.74) is 2.45. The van der Waals surface area contributed by atoms with Crippen LogP contribution in [0.2, 0.25) is 0 Å². The van der Waals surface area contributed by atoms with Gasteiger partial charge in [-0.05, 0) is 60.3 Å². The lowest BCUT2D eigenvalue weighted by Gasteiger charge is -2.19. The molecule has 1 amide bonds. The van der Waals surface area contributed by atoms with Crippen molar-refractivity contribution in [1.82, 2.24) is 14.9 Å². The van der Waals surface area contributed by atoms with E-state index in [2.05, 4.69) is 10.3 Å². The molecule has 2 heterocycles. The summed E-state index contributed by atoms with van der Waals surface area (Å²) in [6, 6.07) is 17.5. The van der Waals surface area contributed by atoms with Crippen LogP contribution in [0.5, 0.6) is 5.75 Å². The molecule has 0 saturated carbocycles. The fourth-order valence-corrected chi connectivity index (χ4v) is 5.66. The minimum Gasteiger partial charge on any atom is -0.484 e. The molecule has 2 aromatic heterocycles. The maximum Gasteiger partial charge on any atom is 0.273 e. The number of rotatable bonds is 9. The van der Waals surface area contributed by atoms with Crippen LogP contribution in [0.25, 0.3) is 5.69 Å². The summed E-state index contributed by atoms with van der Waals surface area (Å²) < 4.78 is 34.3. The van der Waals surface area contributed by atoms with Crippen molar-refractivity contribution in [2.45, 2.75) is 17.2 Å². The molecule has 10 heteroatoms. The second kappa shape index (κ2) is 10.1. The number of aromatic nitrogens is 2. The molecular formula is C24H24N4O4S2. The summed E-state index contributed by atoms with van der Waals surface area (Å²) in [5, 5.41) is 4.64. The van der Waals surface area contributed by atoms with Gasteiger partial charge in [0.2, 0.25) is 0 Å². The normalized spacial score (nSPS) is 12.2. The molecule has 8 nitrogen and oxygen atoms in total. The molecular weight excluding hydrogens is 472 g/mol. The number of hydrogen-bond acceptors (Lipinski definition) is 6. The van der Waals surface area contributed by atoms with Gasteiger partial charge in [-0.2, -0.15) is 0 Å². The van der Waals surface area contributed by atoms with Crippen LogP contribution in [-0.2, 0) is 14.8 Å². The van der Waals surface area contributed by atoms with Crippen LogP contribution in [0.15, 0.2) is 89.0 Å². The van der Waals surface area contributed by atoms with Gasteiger partial charge in [-0.25, -0.2) is 13.4 Å². The number of thiophene rings is 1. The number of amides is 1. The summed E-state index contributed by atoms with van der Waals surface area (Å²) in [7, 11) is -2.10. The summed E-state index contributed by atoms with van der Waals surface area (Å²) in [6.45, 7) is 1.75. The second-order valence-corrected chi connectivity index (χ2v) is 10.7. The van der Waals surface area contributed by atoms with E-state index in [1.54, 1.807) is 54.3 Å². The Kier molecular flexibility index (Phi) is 6.99. The van der Waals surface area contributed by atoms with Gasteiger partial charge >= 0.3 is 0 Å². The Hall–Kier alpha value is -3.63. The van der Waals surface area contributed by atoms with E-state index in [4.69, 9.17) is 4.74 Å². The highest BCUT2D eigenvalue weighted by atomic mass is 32.2. The molecule has 0 fully saturated rings. The van der Waals surface area contributed by atoms with Crippen molar-refractivity contribution >= 4 is 33.0 Å². The van der Waals surface area contributed by atoms with E-state index in [-0.39, 0.29) is 22.8 Å². The molecule has 0 spiro atoms. The van der Waals surface area contributed by atoms with Crippen molar-refractivity contribution in [3.05, 3.63) is 90.3 Å². The lowest BCUT2D eigenvalue weighted by molar-refractivity contribution is -0.123. The lowest BCUT2D eigenvalue weighted by Crippen LogP contribution is -2.31. The molecule has 0 aliphatic carbocycles. The van der Waals surface area contributed by atoms with E-state index in [0.717, 1.165) is 11.3 Å². The van der Waals surface area contributed by atoms with Gasteiger partial charge < -0.3 is 14.6 Å². The first-order valence-corrected chi connectivity index (χ1v) is 12.8. The van der Waals surface area contributed by atoms with Gasteiger partial charge in [0.05, 0.1) is 18.1 Å². The number of ether oxygens (including phenoxy) is 1. The SMILES string of the molecule is C[C@H](NC(=O)COc1ccc(N(C)S(=O)(=O)c2cccs2)cc1)c1ccc(-n2ccnc2)cc1. The summed E-state index contributed by atoms with van der Waals surface area (Å²) in [4.78, 5) is 16.4. The molecule has 2 aromatic carbocycles. The highest BCUT2D eigenvalue weighted by Crippen LogP contribution is 2.26. The van der Waals surface area contributed by atoms with E-state index >= 15 is 0 Å². The fraction of sp³-hybridized carbons (Fsp3) is 0.167. The van der Waals surface area contributed by atoms with E-state index in [1.165, 1.54) is 22.7 Å². The van der Waals surface area contributed by atoms with Crippen molar-refractivity contribution in [2.75, 3.05) is 18.0 Å². The van der Waals surface area contributed by atoms with E-state index < -0.39 is 10.0 Å². The molecule has 176 valence electrons. The van der Waals surface area contributed by atoms with Crippen LogP contribution in [0.1, 0.15) is 18.5 Å². The quantitative estimate of drug-likeness (QED) is 0.378. The zero-order valence-electron chi connectivity index (χ0n) is 18.7. The third kappa shape index (κ3) is 5.29. The topological polar surface area (TPSA) is 93.5 Å². The van der Waals surface area contributed by atoms with Crippen molar-refractivity contribution in [2.24, 2.45) is 0 Å². The number of nitrogens with zero attached hydrogens (tertiary/aromatic N) is 3. The maximum atomic E-state index is 12.6. The number of nitrogens with one attached hydrogen (secondary N) is 1. The number of benzene rings is 2. The third-order valence-electron chi connectivity index (χ3n) is 5.25. The van der Waals surface area contributed by atoms with Gasteiger partial charge in [0.15, 0.2) is 6.61 Å². The molecule has 4 rings (SSSR count). The van der Waals surface area contributed by atoms with Gasteiger partial charge in [-0.3, -0.25) is 9.10 Å². The maximum absolute atomic E-state index is 12.6. The smallest absolute Gasteiger partial charge is 0.273 e. The number of imidazole rings is 1. The van der Waals surface area contributed by atoms with Crippen molar-refractivity contribution < 1.29 is 17.9 Å². The molecule has 1 N–H and O–H groups in total. The number of carbonyl (C=O) groups excluding carboxylic acids is 1. The zero-order valence-corrected chi connectivity index (χ0v) is 20.3. The Morgan fingerprint density at radius 3 is 2.50 bits per heavy atom. The van der Waals surface area contributed by atoms with Crippen molar-refractivity contribution in [3.63, 3.8) is 0 Å². The van der Waals surface area contributed by atoms with Crippen LogP contribution in [-0.4, -0.2) is 37.5 Å². The first-order chi connectivity index (χ1) is 16.3. The highest BCUT2D eigenvalue weighted by Gasteiger charge is 2.22. The Bertz CT molecular complexity index is 1320. The van der Waals surface area contributed by atoms with Crippen LogP contribution in [0, 0.1) is 0 Å². The zero-order chi connectivity index (χ0) is 24.1. The second-order valence-electron chi connectivity index (χ2n) is 7.54. The molecule has 0 radical (unpaired) electrons. The summed E-state index contributed by atoms with van der Waals surface area (Å²) >= 11 is 1.17. The Labute approximate surface area is 202 Å². The van der Waals surface area contributed by atoms with Crippen molar-refractivity contribution in [3.8, 4) is 11.4 Å². The first kappa shape index (κ1) is 23.5. The fourth-order valence-electron chi connectivity index (χ4n) is 3.30. The van der Waals surface area contributed by atoms with E-state index in [1.807, 2.05) is 42.0 Å².